The van der Waals surface area contributed by atoms with Crippen LogP contribution in [0.3, 0.4) is 0 Å². The van der Waals surface area contributed by atoms with Gasteiger partial charge in [-0.05, 0) is 84.4 Å². The number of benzene rings is 1. The van der Waals surface area contributed by atoms with Crippen LogP contribution in [0.4, 0.5) is 0 Å². The molecule has 6 nitrogen and oxygen atoms in total. The van der Waals surface area contributed by atoms with Gasteiger partial charge in [-0.1, -0.05) is 13.0 Å². The summed E-state index contributed by atoms with van der Waals surface area (Å²) >= 11 is 0. The van der Waals surface area contributed by atoms with Gasteiger partial charge in [-0.15, -0.1) is 0 Å². The molecule has 1 aromatic carbocycles. The third-order valence-electron chi connectivity index (χ3n) is 7.70. The van der Waals surface area contributed by atoms with Gasteiger partial charge in [0.2, 0.25) is 0 Å². The highest BCUT2D eigenvalue weighted by Crippen LogP contribution is 2.55. The number of carbonyl (C=O) groups is 1. The van der Waals surface area contributed by atoms with E-state index in [1.54, 1.807) is 12.3 Å². The predicted octanol–water partition coefficient (Wildman–Crippen LogP) is 4.15. The third kappa shape index (κ3) is 3.62. The zero-order valence-corrected chi connectivity index (χ0v) is 19.0. The van der Waals surface area contributed by atoms with Crippen LogP contribution in [-0.2, 0) is 16.3 Å². The molecule has 1 saturated heterocycles. The Morgan fingerprint density at radius 1 is 1.19 bits per heavy atom. The topological polar surface area (TPSA) is 88.7 Å². The summed E-state index contributed by atoms with van der Waals surface area (Å²) in [5, 5.41) is 10.1. The van der Waals surface area contributed by atoms with E-state index < -0.39 is 9.84 Å². The van der Waals surface area contributed by atoms with Crippen molar-refractivity contribution in [2.45, 2.75) is 44.9 Å². The Morgan fingerprint density at radius 3 is 2.72 bits per heavy atom. The second-order valence-electron chi connectivity index (χ2n) is 9.61. The van der Waals surface area contributed by atoms with Crippen LogP contribution in [0.1, 0.15) is 65.7 Å². The number of fused-ring (bicyclic) bond motifs is 2. The van der Waals surface area contributed by atoms with Gasteiger partial charge in [0.1, 0.15) is 26.9 Å². The summed E-state index contributed by atoms with van der Waals surface area (Å²) in [6.45, 7) is 2.31. The maximum Gasteiger partial charge on any atom is 0.170 e. The number of phenols is 1. The Balaban J connectivity index is 1.67. The Kier molecular flexibility index (Phi) is 5.12. The Hall–Kier alpha value is -2.67. The van der Waals surface area contributed by atoms with Gasteiger partial charge < -0.3 is 9.51 Å². The molecule has 3 heterocycles. The summed E-state index contributed by atoms with van der Waals surface area (Å²) in [5.41, 5.74) is 4.46. The molecular weight excluding hydrogens is 424 g/mol. The summed E-state index contributed by atoms with van der Waals surface area (Å²) in [7, 11) is -2.95. The lowest BCUT2D eigenvalue weighted by Crippen LogP contribution is -2.39. The minimum absolute atomic E-state index is 0.0489. The van der Waals surface area contributed by atoms with Crippen LogP contribution in [-0.4, -0.2) is 40.7 Å². The van der Waals surface area contributed by atoms with Gasteiger partial charge in [0.05, 0.1) is 11.5 Å². The minimum Gasteiger partial charge on any atom is -0.508 e. The number of hydrogen-bond acceptors (Lipinski definition) is 5. The molecule has 7 heteroatoms. The lowest BCUT2D eigenvalue weighted by atomic mass is 9.60. The summed E-state index contributed by atoms with van der Waals surface area (Å²) in [5.74, 6) is 1.12. The van der Waals surface area contributed by atoms with Crippen LogP contribution in [0.2, 0.25) is 0 Å². The first kappa shape index (κ1) is 21.2. The number of nitrogens with zero attached hydrogens (tertiary/aromatic N) is 2. The van der Waals surface area contributed by atoms with Crippen LogP contribution >= 0.6 is 0 Å². The van der Waals surface area contributed by atoms with E-state index >= 15 is 0 Å². The van der Waals surface area contributed by atoms with Gasteiger partial charge in [-0.25, -0.2) is 13.4 Å². The highest BCUT2D eigenvalue weighted by molar-refractivity contribution is 7.91. The van der Waals surface area contributed by atoms with Gasteiger partial charge in [0, 0.05) is 18.3 Å². The van der Waals surface area contributed by atoms with Crippen molar-refractivity contribution in [1.82, 2.24) is 9.38 Å². The maximum absolute atomic E-state index is 12.1. The first-order chi connectivity index (χ1) is 15.3. The molecule has 0 amide bonds. The van der Waals surface area contributed by atoms with Crippen molar-refractivity contribution < 1.29 is 18.3 Å². The van der Waals surface area contributed by atoms with Crippen molar-refractivity contribution >= 4 is 21.8 Å². The molecule has 0 spiro atoms. The van der Waals surface area contributed by atoms with Crippen molar-refractivity contribution in [3.8, 4) is 5.75 Å². The van der Waals surface area contributed by atoms with E-state index in [0.29, 0.717) is 18.5 Å². The number of aromatic hydroxyl groups is 1. The van der Waals surface area contributed by atoms with E-state index in [1.165, 1.54) is 5.56 Å². The highest BCUT2D eigenvalue weighted by Gasteiger charge is 2.46. The molecule has 0 bridgehead atoms. The molecule has 168 valence electrons. The number of carbonyl (C=O) groups excluding carboxylic acids is 1. The molecule has 2 aliphatic rings. The molecular formula is C25H28N2O4S. The molecule has 3 aromatic rings. The lowest BCUT2D eigenvalue weighted by molar-refractivity contribution is 0.111. The smallest absolute Gasteiger partial charge is 0.170 e. The number of sulfone groups is 1. The van der Waals surface area contributed by atoms with Crippen LogP contribution < -0.4 is 0 Å². The molecule has 5 rings (SSSR count). The molecule has 1 fully saturated rings. The first-order valence-corrected chi connectivity index (χ1v) is 13.1. The fourth-order valence-electron chi connectivity index (χ4n) is 6.05. The maximum atomic E-state index is 12.1. The summed E-state index contributed by atoms with van der Waals surface area (Å²) < 4.78 is 26.2. The second-order valence-corrected chi connectivity index (χ2v) is 11.9. The Morgan fingerprint density at radius 2 is 1.97 bits per heavy atom. The molecule has 1 N–H and O–H groups in total. The number of aryl methyl sites for hydroxylation is 1. The number of aromatic nitrogens is 2. The number of aldehydes is 1. The molecule has 2 atom stereocenters. The average molecular weight is 453 g/mol. The number of hydrogen-bond donors (Lipinski definition) is 1. The fraction of sp³-hybridized carbons (Fsp3) is 0.440. The SMILES string of the molecule is CC1(C2CCS(=O)(=O)CC2)CCCc2cc(O)ccc2C1c1ccn2cc(C=O)nc2c1. The predicted molar refractivity (Wildman–Crippen MR) is 123 cm³/mol. The summed E-state index contributed by atoms with van der Waals surface area (Å²) in [6, 6.07) is 9.80. The van der Waals surface area contributed by atoms with Gasteiger partial charge in [0.15, 0.2) is 6.29 Å². The van der Waals surface area contributed by atoms with E-state index in [9.17, 15) is 18.3 Å². The largest absolute Gasteiger partial charge is 0.508 e. The molecule has 2 unspecified atom stereocenters. The zero-order chi connectivity index (χ0) is 22.5. The second kappa shape index (κ2) is 7.73. The summed E-state index contributed by atoms with van der Waals surface area (Å²) in [6.07, 6.45) is 8.65. The number of rotatable bonds is 3. The van der Waals surface area contributed by atoms with Gasteiger partial charge in [-0.2, -0.15) is 0 Å². The molecule has 32 heavy (non-hydrogen) atoms. The van der Waals surface area contributed by atoms with Crippen molar-refractivity contribution in [3.63, 3.8) is 0 Å². The number of phenolic OH excluding ortho intramolecular Hbond substituents is 1. The number of imidazole rings is 1. The molecule has 1 aliphatic heterocycles. The molecule has 2 aromatic heterocycles. The first-order valence-electron chi connectivity index (χ1n) is 11.3. The van der Waals surface area contributed by atoms with E-state index in [1.807, 2.05) is 22.7 Å². The van der Waals surface area contributed by atoms with E-state index in [4.69, 9.17) is 0 Å². The molecule has 0 radical (unpaired) electrons. The molecule has 0 saturated carbocycles. The van der Waals surface area contributed by atoms with Crippen molar-refractivity contribution in [2.24, 2.45) is 11.3 Å². The van der Waals surface area contributed by atoms with E-state index in [-0.39, 0.29) is 34.5 Å². The Labute approximate surface area is 188 Å². The van der Waals surface area contributed by atoms with Crippen LogP contribution in [0.5, 0.6) is 5.75 Å². The monoisotopic (exact) mass is 452 g/mol. The third-order valence-corrected chi connectivity index (χ3v) is 9.42. The minimum atomic E-state index is -2.95. The quantitative estimate of drug-likeness (QED) is 0.476. The normalized spacial score (nSPS) is 25.8. The zero-order valence-electron chi connectivity index (χ0n) is 18.2. The van der Waals surface area contributed by atoms with Gasteiger partial charge in [-0.3, -0.25) is 4.79 Å². The van der Waals surface area contributed by atoms with Gasteiger partial charge in [0.25, 0.3) is 0 Å². The highest BCUT2D eigenvalue weighted by atomic mass is 32.2. The van der Waals surface area contributed by atoms with E-state index in [2.05, 4.69) is 24.0 Å². The van der Waals surface area contributed by atoms with Crippen LogP contribution in [0.15, 0.2) is 42.7 Å². The number of pyridine rings is 1. The van der Waals surface area contributed by atoms with Crippen LogP contribution in [0.25, 0.3) is 5.65 Å². The molecule has 1 aliphatic carbocycles. The standard InChI is InChI=1S/C25H28N2O4S/c1-25(19-7-11-32(30,31)12-8-19)9-2-3-17-13-21(29)4-5-22(17)24(25)18-6-10-27-15-20(16-28)26-23(27)14-18/h4-6,10,13-16,19,24,29H,2-3,7-9,11-12H2,1H3. The fourth-order valence-corrected chi connectivity index (χ4v) is 7.54. The van der Waals surface area contributed by atoms with Crippen molar-refractivity contribution in [1.29, 1.82) is 0 Å². The van der Waals surface area contributed by atoms with Crippen LogP contribution in [0, 0.1) is 11.3 Å². The van der Waals surface area contributed by atoms with Crippen molar-refractivity contribution in [2.75, 3.05) is 11.5 Å². The van der Waals surface area contributed by atoms with Crippen molar-refractivity contribution in [3.05, 3.63) is 65.1 Å². The Bertz CT molecular complexity index is 1280. The van der Waals surface area contributed by atoms with Gasteiger partial charge >= 0.3 is 0 Å². The lowest BCUT2D eigenvalue weighted by Gasteiger charge is -2.45. The summed E-state index contributed by atoms with van der Waals surface area (Å²) in [4.78, 5) is 15.7. The average Bonchev–Trinajstić information content (AvgIpc) is 3.11. The van der Waals surface area contributed by atoms with E-state index in [0.717, 1.165) is 42.3 Å².